The van der Waals surface area contributed by atoms with E-state index >= 15 is 0 Å². The number of nitrogens with one attached hydrogen (secondary N) is 1. The lowest BCUT2D eigenvalue weighted by Crippen LogP contribution is -2.55. The van der Waals surface area contributed by atoms with Crippen LogP contribution in [0.5, 0.6) is 11.5 Å². The Morgan fingerprint density at radius 2 is 1.86 bits per heavy atom. The Labute approximate surface area is 240 Å². The number of furan rings is 1. The van der Waals surface area contributed by atoms with Crippen LogP contribution < -0.4 is 14.8 Å². The molecule has 0 saturated carbocycles. The van der Waals surface area contributed by atoms with Gasteiger partial charge >= 0.3 is 0 Å². The predicted molar refractivity (Wildman–Crippen MR) is 151 cm³/mol. The zero-order chi connectivity index (χ0) is 29.4. The summed E-state index contributed by atoms with van der Waals surface area (Å²) in [6.07, 6.45) is -0.527. The van der Waals surface area contributed by atoms with Gasteiger partial charge in [0.15, 0.2) is 17.1 Å². The Hall–Kier alpha value is -4.67. The van der Waals surface area contributed by atoms with Crippen molar-refractivity contribution in [1.29, 1.82) is 0 Å². The molecule has 9 nitrogen and oxygen atoms in total. The Bertz CT molecular complexity index is 1670. The molecule has 2 aliphatic rings. The van der Waals surface area contributed by atoms with Gasteiger partial charge in [0, 0.05) is 29.6 Å². The van der Waals surface area contributed by atoms with Crippen molar-refractivity contribution in [1.82, 2.24) is 10.2 Å². The van der Waals surface area contributed by atoms with Gasteiger partial charge in [0.25, 0.3) is 5.91 Å². The van der Waals surface area contributed by atoms with Crippen molar-refractivity contribution in [2.45, 2.75) is 30.7 Å². The highest BCUT2D eigenvalue weighted by molar-refractivity contribution is 5.99. The molecule has 42 heavy (non-hydrogen) atoms. The first kappa shape index (κ1) is 27.5. The van der Waals surface area contributed by atoms with Crippen molar-refractivity contribution < 1.29 is 38.1 Å². The molecule has 3 N–H and O–H groups in total. The zero-order valence-corrected chi connectivity index (χ0v) is 22.7. The van der Waals surface area contributed by atoms with Crippen molar-refractivity contribution in [2.75, 3.05) is 20.3 Å². The van der Waals surface area contributed by atoms with Gasteiger partial charge in [-0.15, -0.1) is 0 Å². The van der Waals surface area contributed by atoms with Crippen LogP contribution in [0.25, 0.3) is 11.0 Å². The molecule has 2 amide bonds. The predicted octanol–water partition coefficient (Wildman–Crippen LogP) is 3.55. The Kier molecular flexibility index (Phi) is 7.40. The molecule has 0 saturated heterocycles. The molecule has 4 unspecified atom stereocenters. The maximum atomic E-state index is 14.2. The second kappa shape index (κ2) is 11.3. The van der Waals surface area contributed by atoms with Crippen LogP contribution in [0.4, 0.5) is 4.39 Å². The summed E-state index contributed by atoms with van der Waals surface area (Å²) < 4.78 is 31.3. The number of ether oxygens (including phenoxy) is 2. The van der Waals surface area contributed by atoms with Crippen molar-refractivity contribution in [3.05, 3.63) is 107 Å². The van der Waals surface area contributed by atoms with Crippen LogP contribution in [0.15, 0.2) is 88.9 Å². The molecular weight excluding hydrogens is 543 g/mol. The van der Waals surface area contributed by atoms with E-state index in [9.17, 15) is 24.2 Å². The van der Waals surface area contributed by atoms with E-state index < -0.39 is 41.8 Å². The second-order valence-electron chi connectivity index (χ2n) is 10.2. The van der Waals surface area contributed by atoms with Crippen molar-refractivity contribution in [3.63, 3.8) is 0 Å². The van der Waals surface area contributed by atoms with Gasteiger partial charge in [-0.25, -0.2) is 4.39 Å². The highest BCUT2D eigenvalue weighted by Crippen LogP contribution is 2.47. The van der Waals surface area contributed by atoms with Crippen LogP contribution >= 0.6 is 0 Å². The molecule has 0 fully saturated rings. The minimum atomic E-state index is -1.24. The van der Waals surface area contributed by atoms with Crippen LogP contribution in [-0.2, 0) is 11.3 Å². The number of fused-ring (bicyclic) bond motifs is 4. The lowest BCUT2D eigenvalue weighted by Gasteiger charge is -2.40. The van der Waals surface area contributed by atoms with Gasteiger partial charge in [0.2, 0.25) is 5.91 Å². The van der Waals surface area contributed by atoms with Crippen LogP contribution in [0, 0.1) is 5.82 Å². The largest absolute Gasteiger partial charge is 0.493 e. The summed E-state index contributed by atoms with van der Waals surface area (Å²) in [5, 5.41) is 24.4. The van der Waals surface area contributed by atoms with Gasteiger partial charge in [-0.2, -0.15) is 0 Å². The Balaban J connectivity index is 1.45. The Morgan fingerprint density at radius 3 is 2.62 bits per heavy atom. The number of rotatable bonds is 8. The molecule has 0 bridgehead atoms. The van der Waals surface area contributed by atoms with E-state index in [4.69, 9.17) is 13.9 Å². The van der Waals surface area contributed by atoms with E-state index in [1.165, 1.54) is 24.1 Å². The standard InChI is InChI=1S/C32H29FN2O7/c1-40-25-8-4-5-19-15-26(42-29(19)25)32(39)35(17-18-9-11-20(33)12-10-18)23-16-22(31(38)34-13-14-36)27-21-6-2-3-7-24(21)41-30(27)28(23)37/h2-12,15-16,23,27-28,30,36-37H,13-14,17H2,1H3,(H,34,38). The van der Waals surface area contributed by atoms with E-state index in [-0.39, 0.29) is 25.5 Å². The summed E-state index contributed by atoms with van der Waals surface area (Å²) in [6, 6.07) is 18.8. The maximum absolute atomic E-state index is 14.2. The number of amides is 2. The van der Waals surface area contributed by atoms with Crippen LogP contribution in [0.2, 0.25) is 0 Å². The molecule has 10 heteroatoms. The number of carbonyl (C=O) groups excluding carboxylic acids is 2. The molecule has 3 aromatic carbocycles. The minimum Gasteiger partial charge on any atom is -0.493 e. The van der Waals surface area contributed by atoms with Gasteiger partial charge in [0.05, 0.1) is 25.7 Å². The van der Waals surface area contributed by atoms with Crippen molar-refractivity contribution in [3.8, 4) is 11.5 Å². The summed E-state index contributed by atoms with van der Waals surface area (Å²) >= 11 is 0. The lowest BCUT2D eigenvalue weighted by atomic mass is 9.77. The van der Waals surface area contributed by atoms with E-state index in [0.29, 0.717) is 33.6 Å². The maximum Gasteiger partial charge on any atom is 0.290 e. The highest BCUT2D eigenvalue weighted by atomic mass is 19.1. The number of benzene rings is 3. The Morgan fingerprint density at radius 1 is 1.07 bits per heavy atom. The third-order valence-corrected chi connectivity index (χ3v) is 7.70. The van der Waals surface area contributed by atoms with Gasteiger partial charge in [-0.1, -0.05) is 42.5 Å². The van der Waals surface area contributed by atoms with Gasteiger partial charge in [-0.3, -0.25) is 9.59 Å². The first-order valence-electron chi connectivity index (χ1n) is 13.6. The average molecular weight is 573 g/mol. The molecule has 1 aliphatic carbocycles. The summed E-state index contributed by atoms with van der Waals surface area (Å²) in [5.74, 6) is -1.03. The number of carbonyl (C=O) groups is 2. The summed E-state index contributed by atoms with van der Waals surface area (Å²) in [4.78, 5) is 29.0. The smallest absolute Gasteiger partial charge is 0.290 e. The molecule has 6 rings (SSSR count). The van der Waals surface area contributed by atoms with Gasteiger partial charge < -0.3 is 34.3 Å². The average Bonchev–Trinajstić information content (AvgIpc) is 3.62. The first-order chi connectivity index (χ1) is 20.4. The third kappa shape index (κ3) is 4.88. The van der Waals surface area contributed by atoms with Crippen LogP contribution in [-0.4, -0.2) is 65.4 Å². The fraction of sp³-hybridized carbons (Fsp3) is 0.250. The van der Waals surface area contributed by atoms with Crippen LogP contribution in [0.1, 0.15) is 27.6 Å². The molecule has 0 spiro atoms. The molecule has 2 heterocycles. The van der Waals surface area contributed by atoms with Crippen LogP contribution in [0.3, 0.4) is 0 Å². The van der Waals surface area contributed by atoms with E-state index in [1.807, 2.05) is 12.1 Å². The number of nitrogens with zero attached hydrogens (tertiary/aromatic N) is 1. The number of para-hydroxylation sites is 2. The second-order valence-corrected chi connectivity index (χ2v) is 10.2. The molecule has 216 valence electrons. The quantitative estimate of drug-likeness (QED) is 0.295. The summed E-state index contributed by atoms with van der Waals surface area (Å²) in [5.41, 5.74) is 2.04. The normalized spacial score (nSPS) is 20.7. The molecule has 4 atom stereocenters. The zero-order valence-electron chi connectivity index (χ0n) is 22.7. The number of hydrogen-bond donors (Lipinski definition) is 3. The van der Waals surface area contributed by atoms with Crippen molar-refractivity contribution >= 4 is 22.8 Å². The molecule has 1 aliphatic heterocycles. The van der Waals surface area contributed by atoms with E-state index in [2.05, 4.69) is 5.32 Å². The topological polar surface area (TPSA) is 121 Å². The number of methoxy groups -OCH3 is 1. The monoisotopic (exact) mass is 572 g/mol. The van der Waals surface area contributed by atoms with Crippen molar-refractivity contribution in [2.24, 2.45) is 0 Å². The fourth-order valence-electron chi connectivity index (χ4n) is 5.73. The number of hydrogen-bond acceptors (Lipinski definition) is 7. The van der Waals surface area contributed by atoms with Gasteiger partial charge in [0.1, 0.15) is 23.8 Å². The SMILES string of the molecule is COc1cccc2cc(C(=O)N(Cc3ccc(F)cc3)C3C=C(C(=O)NCCO)C4c5ccccc5OC4C3O)oc12. The van der Waals surface area contributed by atoms with Gasteiger partial charge in [-0.05, 0) is 42.0 Å². The fourth-order valence-corrected chi connectivity index (χ4v) is 5.73. The van der Waals surface area contributed by atoms with E-state index in [1.54, 1.807) is 54.6 Å². The molecule has 4 aromatic rings. The number of halogens is 1. The number of aliphatic hydroxyl groups excluding tert-OH is 2. The molecule has 0 radical (unpaired) electrons. The number of aliphatic hydroxyl groups is 2. The molecule has 1 aromatic heterocycles. The summed E-state index contributed by atoms with van der Waals surface area (Å²) in [7, 11) is 1.50. The first-order valence-corrected chi connectivity index (χ1v) is 13.6. The summed E-state index contributed by atoms with van der Waals surface area (Å²) in [6.45, 7) is -0.249. The van der Waals surface area contributed by atoms with E-state index in [0.717, 1.165) is 5.56 Å². The third-order valence-electron chi connectivity index (χ3n) is 7.70. The highest BCUT2D eigenvalue weighted by Gasteiger charge is 2.50. The molecular formula is C32H29FN2O7. The minimum absolute atomic E-state index is 0.00115. The lowest BCUT2D eigenvalue weighted by molar-refractivity contribution is -0.118.